The first-order valence-electron chi connectivity index (χ1n) is 5.29. The average Bonchev–Trinajstić information content (AvgIpc) is 2.00. The van der Waals surface area contributed by atoms with Gasteiger partial charge in [-0.05, 0) is 32.1 Å². The van der Waals surface area contributed by atoms with Crippen LogP contribution in [0.2, 0.25) is 0 Å². The molecule has 0 aromatic carbocycles. The first kappa shape index (κ1) is 13.4. The zero-order chi connectivity index (χ0) is 11.4. The molecular formula is C11H23NO2. The van der Waals surface area contributed by atoms with Crippen LogP contribution in [0.4, 0.5) is 0 Å². The molecule has 3 N–H and O–H groups in total. The van der Waals surface area contributed by atoms with Crippen LogP contribution in [0.3, 0.4) is 0 Å². The van der Waals surface area contributed by atoms with Crippen LogP contribution in [0.5, 0.6) is 0 Å². The number of carbonyl (C=O) groups is 1. The summed E-state index contributed by atoms with van der Waals surface area (Å²) in [6, 6.07) is 0. The molecule has 0 aromatic rings. The standard InChI is InChI=1S/C11H23NO2/c1-5-7-11(6-2,8-9(13)14)10(3,4)12/h5-8,12H2,1-4H3,(H,13,14). The average molecular weight is 201 g/mol. The van der Waals surface area contributed by atoms with Gasteiger partial charge >= 0.3 is 5.97 Å². The fourth-order valence-corrected chi connectivity index (χ4v) is 2.16. The molecule has 0 bridgehead atoms. The molecule has 0 saturated heterocycles. The third-order valence-electron chi connectivity index (χ3n) is 3.26. The first-order chi connectivity index (χ1) is 6.29. The Bertz CT molecular complexity index is 196. The van der Waals surface area contributed by atoms with Gasteiger partial charge in [0, 0.05) is 5.54 Å². The fraction of sp³-hybridized carbons (Fsp3) is 0.909. The van der Waals surface area contributed by atoms with Crippen molar-refractivity contribution < 1.29 is 9.90 Å². The number of carboxylic acids is 1. The first-order valence-corrected chi connectivity index (χ1v) is 5.29. The minimum absolute atomic E-state index is 0.167. The molecule has 0 aromatic heterocycles. The normalized spacial score (nSPS) is 16.4. The number of carboxylic acid groups (broad SMARTS) is 1. The molecule has 0 aliphatic heterocycles. The molecule has 0 aliphatic carbocycles. The Morgan fingerprint density at radius 1 is 1.36 bits per heavy atom. The Hall–Kier alpha value is -0.570. The van der Waals surface area contributed by atoms with Crippen LogP contribution < -0.4 is 5.73 Å². The molecule has 3 nitrogen and oxygen atoms in total. The van der Waals surface area contributed by atoms with Crippen molar-refractivity contribution in [2.75, 3.05) is 0 Å². The number of nitrogens with two attached hydrogens (primary N) is 1. The van der Waals surface area contributed by atoms with E-state index in [4.69, 9.17) is 10.8 Å². The van der Waals surface area contributed by atoms with Crippen LogP contribution in [-0.2, 0) is 4.79 Å². The molecule has 1 unspecified atom stereocenters. The number of rotatable bonds is 6. The van der Waals surface area contributed by atoms with Crippen LogP contribution in [0.1, 0.15) is 53.4 Å². The van der Waals surface area contributed by atoms with Crippen LogP contribution in [0, 0.1) is 5.41 Å². The molecule has 84 valence electrons. The van der Waals surface area contributed by atoms with E-state index in [9.17, 15) is 4.79 Å². The zero-order valence-electron chi connectivity index (χ0n) is 9.76. The monoisotopic (exact) mass is 201 g/mol. The lowest BCUT2D eigenvalue weighted by Gasteiger charge is -2.43. The molecule has 0 amide bonds. The molecule has 0 radical (unpaired) electrons. The van der Waals surface area contributed by atoms with Gasteiger partial charge in [-0.2, -0.15) is 0 Å². The summed E-state index contributed by atoms with van der Waals surface area (Å²) in [4.78, 5) is 10.8. The van der Waals surface area contributed by atoms with Crippen molar-refractivity contribution in [3.05, 3.63) is 0 Å². The number of aliphatic carboxylic acids is 1. The van der Waals surface area contributed by atoms with Gasteiger partial charge in [-0.1, -0.05) is 20.3 Å². The molecule has 3 heteroatoms. The second kappa shape index (κ2) is 4.78. The lowest BCUT2D eigenvalue weighted by molar-refractivity contribution is -0.141. The Kier molecular flexibility index (Phi) is 4.59. The lowest BCUT2D eigenvalue weighted by atomic mass is 9.65. The fourth-order valence-electron chi connectivity index (χ4n) is 2.16. The molecule has 0 aliphatic rings. The maximum absolute atomic E-state index is 10.8. The molecule has 0 rings (SSSR count). The predicted octanol–water partition coefficient (Wildman–Crippen LogP) is 2.39. The van der Waals surface area contributed by atoms with Crippen molar-refractivity contribution in [3.8, 4) is 0 Å². The van der Waals surface area contributed by atoms with Crippen molar-refractivity contribution in [1.82, 2.24) is 0 Å². The van der Waals surface area contributed by atoms with E-state index in [1.54, 1.807) is 0 Å². The second-order valence-corrected chi connectivity index (χ2v) is 4.68. The third-order valence-corrected chi connectivity index (χ3v) is 3.26. The van der Waals surface area contributed by atoms with E-state index in [0.717, 1.165) is 19.3 Å². The highest BCUT2D eigenvalue weighted by Crippen LogP contribution is 2.41. The number of hydrogen-bond donors (Lipinski definition) is 2. The van der Waals surface area contributed by atoms with E-state index in [1.165, 1.54) is 0 Å². The highest BCUT2D eigenvalue weighted by molar-refractivity contribution is 5.68. The van der Waals surface area contributed by atoms with E-state index >= 15 is 0 Å². The molecule has 0 saturated carbocycles. The SMILES string of the molecule is CCCC(CC)(CC(=O)O)C(C)(C)N. The Balaban J connectivity index is 4.87. The Morgan fingerprint density at radius 3 is 2.07 bits per heavy atom. The van der Waals surface area contributed by atoms with E-state index < -0.39 is 11.5 Å². The largest absolute Gasteiger partial charge is 0.481 e. The second-order valence-electron chi connectivity index (χ2n) is 4.68. The predicted molar refractivity (Wildman–Crippen MR) is 58.2 cm³/mol. The van der Waals surface area contributed by atoms with Crippen molar-refractivity contribution in [2.24, 2.45) is 11.1 Å². The molecule has 14 heavy (non-hydrogen) atoms. The van der Waals surface area contributed by atoms with Gasteiger partial charge in [0.05, 0.1) is 6.42 Å². The highest BCUT2D eigenvalue weighted by Gasteiger charge is 2.41. The van der Waals surface area contributed by atoms with Crippen LogP contribution in [0.25, 0.3) is 0 Å². The van der Waals surface area contributed by atoms with Gasteiger partial charge in [0.1, 0.15) is 0 Å². The maximum atomic E-state index is 10.8. The van der Waals surface area contributed by atoms with Crippen molar-refractivity contribution in [2.45, 2.75) is 58.9 Å². The number of hydrogen-bond acceptors (Lipinski definition) is 2. The minimum Gasteiger partial charge on any atom is -0.481 e. The van der Waals surface area contributed by atoms with E-state index in [0.29, 0.717) is 0 Å². The van der Waals surface area contributed by atoms with Gasteiger partial charge in [-0.3, -0.25) is 4.79 Å². The van der Waals surface area contributed by atoms with Crippen molar-refractivity contribution in [1.29, 1.82) is 0 Å². The van der Waals surface area contributed by atoms with Crippen LogP contribution in [0.15, 0.2) is 0 Å². The molecular weight excluding hydrogens is 178 g/mol. The summed E-state index contributed by atoms with van der Waals surface area (Å²) in [6.07, 6.45) is 2.83. The lowest BCUT2D eigenvalue weighted by Crippen LogP contribution is -2.51. The van der Waals surface area contributed by atoms with Gasteiger partial charge < -0.3 is 10.8 Å². The molecule has 0 heterocycles. The summed E-state index contributed by atoms with van der Waals surface area (Å²) in [5.74, 6) is -0.751. The molecule has 1 atom stereocenters. The summed E-state index contributed by atoms with van der Waals surface area (Å²) < 4.78 is 0. The van der Waals surface area contributed by atoms with Gasteiger partial charge in [-0.25, -0.2) is 0 Å². The van der Waals surface area contributed by atoms with E-state index in [-0.39, 0.29) is 11.8 Å². The maximum Gasteiger partial charge on any atom is 0.303 e. The van der Waals surface area contributed by atoms with Crippen LogP contribution in [-0.4, -0.2) is 16.6 Å². The van der Waals surface area contributed by atoms with Gasteiger partial charge in [-0.15, -0.1) is 0 Å². The summed E-state index contributed by atoms with van der Waals surface area (Å²) in [5.41, 5.74) is 5.39. The van der Waals surface area contributed by atoms with Crippen LogP contribution >= 0.6 is 0 Å². The summed E-state index contributed by atoms with van der Waals surface area (Å²) in [7, 11) is 0. The van der Waals surface area contributed by atoms with E-state index in [2.05, 4.69) is 6.92 Å². The van der Waals surface area contributed by atoms with Crippen molar-refractivity contribution >= 4 is 5.97 Å². The van der Waals surface area contributed by atoms with E-state index in [1.807, 2.05) is 20.8 Å². The highest BCUT2D eigenvalue weighted by atomic mass is 16.4. The summed E-state index contributed by atoms with van der Waals surface area (Å²) in [6.45, 7) is 7.94. The Morgan fingerprint density at radius 2 is 1.86 bits per heavy atom. The van der Waals surface area contributed by atoms with Crippen molar-refractivity contribution in [3.63, 3.8) is 0 Å². The van der Waals surface area contributed by atoms with Gasteiger partial charge in [0.15, 0.2) is 0 Å². The summed E-state index contributed by atoms with van der Waals surface area (Å²) >= 11 is 0. The minimum atomic E-state index is -0.751. The topological polar surface area (TPSA) is 63.3 Å². The smallest absolute Gasteiger partial charge is 0.303 e. The quantitative estimate of drug-likeness (QED) is 0.693. The Labute approximate surface area is 86.7 Å². The molecule has 0 fully saturated rings. The third kappa shape index (κ3) is 2.98. The van der Waals surface area contributed by atoms with Gasteiger partial charge in [0.25, 0.3) is 0 Å². The zero-order valence-corrected chi connectivity index (χ0v) is 9.76. The molecule has 0 spiro atoms. The van der Waals surface area contributed by atoms with Gasteiger partial charge in [0.2, 0.25) is 0 Å². The summed E-state index contributed by atoms with van der Waals surface area (Å²) in [5, 5.41) is 8.91.